The summed E-state index contributed by atoms with van der Waals surface area (Å²) >= 11 is 0. The fraction of sp³-hybridized carbons (Fsp3) is 0.385. The molecule has 0 spiro atoms. The van der Waals surface area contributed by atoms with Gasteiger partial charge in [-0.1, -0.05) is 32.0 Å². The molecule has 80 valence electrons. The zero-order valence-electron chi connectivity index (χ0n) is 9.23. The Morgan fingerprint density at radius 3 is 2.80 bits per heavy atom. The first kappa shape index (κ1) is 10.2. The van der Waals surface area contributed by atoms with Gasteiger partial charge in [0, 0.05) is 17.0 Å². The van der Waals surface area contributed by atoms with Gasteiger partial charge in [0.25, 0.3) is 0 Å². The highest BCUT2D eigenvalue weighted by Gasteiger charge is 2.13. The lowest BCUT2D eigenvalue weighted by Crippen LogP contribution is -2.12. The van der Waals surface area contributed by atoms with Crippen LogP contribution in [0.15, 0.2) is 34.9 Å². The van der Waals surface area contributed by atoms with E-state index in [-0.39, 0.29) is 6.04 Å². The largest absolute Gasteiger partial charge is 0.464 e. The number of fused-ring (bicyclic) bond motifs is 1. The van der Waals surface area contributed by atoms with Gasteiger partial charge in [-0.15, -0.1) is 0 Å². The van der Waals surface area contributed by atoms with Crippen molar-refractivity contribution in [3.8, 4) is 0 Å². The normalized spacial score (nSPS) is 13.6. The highest BCUT2D eigenvalue weighted by atomic mass is 16.3. The van der Waals surface area contributed by atoms with Crippen LogP contribution in [0.2, 0.25) is 0 Å². The summed E-state index contributed by atoms with van der Waals surface area (Å²) in [5.41, 5.74) is 8.21. The molecule has 0 fully saturated rings. The predicted octanol–water partition coefficient (Wildman–Crippen LogP) is 3.48. The van der Waals surface area contributed by atoms with Crippen molar-refractivity contribution in [3.63, 3.8) is 0 Å². The van der Waals surface area contributed by atoms with E-state index in [9.17, 15) is 0 Å². The Morgan fingerprint density at radius 2 is 2.07 bits per heavy atom. The smallest absolute Gasteiger partial charge is 0.138 e. The van der Waals surface area contributed by atoms with Gasteiger partial charge in [-0.2, -0.15) is 0 Å². The third-order valence-corrected chi connectivity index (χ3v) is 2.63. The molecule has 0 saturated heterocycles. The van der Waals surface area contributed by atoms with Crippen molar-refractivity contribution in [2.24, 2.45) is 11.7 Å². The molecule has 0 amide bonds. The van der Waals surface area contributed by atoms with Gasteiger partial charge in [0.1, 0.15) is 5.58 Å². The van der Waals surface area contributed by atoms with Crippen LogP contribution in [0.4, 0.5) is 0 Å². The minimum Gasteiger partial charge on any atom is -0.464 e. The molecule has 0 aliphatic carbocycles. The summed E-state index contributed by atoms with van der Waals surface area (Å²) in [7, 11) is 0. The van der Waals surface area contributed by atoms with Gasteiger partial charge >= 0.3 is 0 Å². The van der Waals surface area contributed by atoms with E-state index in [1.54, 1.807) is 6.26 Å². The van der Waals surface area contributed by atoms with Crippen molar-refractivity contribution in [1.82, 2.24) is 0 Å². The molecule has 1 heterocycles. The summed E-state index contributed by atoms with van der Waals surface area (Å²) in [6, 6.07) is 8.18. The van der Waals surface area contributed by atoms with Crippen LogP contribution in [0.3, 0.4) is 0 Å². The van der Waals surface area contributed by atoms with Gasteiger partial charge in [-0.3, -0.25) is 0 Å². The van der Waals surface area contributed by atoms with E-state index in [2.05, 4.69) is 19.9 Å². The Labute approximate surface area is 90.1 Å². The molecule has 1 atom stereocenters. The second-order valence-corrected chi connectivity index (χ2v) is 4.42. The monoisotopic (exact) mass is 203 g/mol. The van der Waals surface area contributed by atoms with E-state index in [1.807, 2.05) is 18.2 Å². The summed E-state index contributed by atoms with van der Waals surface area (Å²) in [6.07, 6.45) is 2.70. The Morgan fingerprint density at radius 1 is 1.27 bits per heavy atom. The topological polar surface area (TPSA) is 39.2 Å². The van der Waals surface area contributed by atoms with Crippen LogP contribution >= 0.6 is 0 Å². The molecule has 1 unspecified atom stereocenters. The molecule has 0 bridgehead atoms. The van der Waals surface area contributed by atoms with E-state index in [0.717, 1.165) is 23.0 Å². The Kier molecular flexibility index (Phi) is 2.78. The van der Waals surface area contributed by atoms with E-state index in [1.165, 1.54) is 0 Å². The van der Waals surface area contributed by atoms with Crippen LogP contribution in [0.1, 0.15) is 31.9 Å². The summed E-state index contributed by atoms with van der Waals surface area (Å²) in [5, 5.41) is 1.13. The van der Waals surface area contributed by atoms with Crippen LogP contribution in [-0.4, -0.2) is 0 Å². The maximum absolute atomic E-state index is 6.16. The van der Waals surface area contributed by atoms with Crippen LogP contribution in [0.5, 0.6) is 0 Å². The average molecular weight is 203 g/mol. The van der Waals surface area contributed by atoms with Crippen molar-refractivity contribution >= 4 is 11.0 Å². The van der Waals surface area contributed by atoms with E-state index in [0.29, 0.717) is 5.92 Å². The SMILES string of the molecule is CC(C)CC(N)c1cccc2ccoc12. The minimum atomic E-state index is 0.0693. The van der Waals surface area contributed by atoms with Crippen LogP contribution in [0.25, 0.3) is 11.0 Å². The number of nitrogens with two attached hydrogens (primary N) is 1. The van der Waals surface area contributed by atoms with Crippen molar-refractivity contribution in [2.75, 3.05) is 0 Å². The maximum Gasteiger partial charge on any atom is 0.138 e. The molecular weight excluding hydrogens is 186 g/mol. The van der Waals surface area contributed by atoms with Crippen molar-refractivity contribution in [1.29, 1.82) is 0 Å². The fourth-order valence-corrected chi connectivity index (χ4v) is 1.94. The number of furan rings is 1. The zero-order valence-corrected chi connectivity index (χ0v) is 9.23. The predicted molar refractivity (Wildman–Crippen MR) is 62.6 cm³/mol. The Balaban J connectivity index is 2.38. The number of para-hydroxylation sites is 1. The number of rotatable bonds is 3. The molecule has 2 N–H and O–H groups in total. The third-order valence-electron chi connectivity index (χ3n) is 2.63. The second-order valence-electron chi connectivity index (χ2n) is 4.42. The first-order valence-corrected chi connectivity index (χ1v) is 5.40. The second kappa shape index (κ2) is 4.07. The minimum absolute atomic E-state index is 0.0693. The van der Waals surface area contributed by atoms with E-state index < -0.39 is 0 Å². The van der Waals surface area contributed by atoms with Gasteiger partial charge in [-0.25, -0.2) is 0 Å². The molecule has 2 nitrogen and oxygen atoms in total. The zero-order chi connectivity index (χ0) is 10.8. The Hall–Kier alpha value is -1.28. The molecule has 1 aromatic heterocycles. The van der Waals surface area contributed by atoms with Crippen molar-refractivity contribution in [2.45, 2.75) is 26.3 Å². The van der Waals surface area contributed by atoms with Gasteiger partial charge in [0.05, 0.1) is 6.26 Å². The quantitative estimate of drug-likeness (QED) is 0.829. The molecule has 1 aromatic carbocycles. The number of benzene rings is 1. The molecule has 0 radical (unpaired) electrons. The van der Waals surface area contributed by atoms with E-state index >= 15 is 0 Å². The third kappa shape index (κ3) is 2.05. The highest BCUT2D eigenvalue weighted by molar-refractivity contribution is 5.80. The number of hydrogen-bond donors (Lipinski definition) is 1. The standard InChI is InChI=1S/C13H17NO/c1-9(2)8-12(14)11-5-3-4-10-6-7-15-13(10)11/h3-7,9,12H,8,14H2,1-2H3. The molecule has 2 rings (SSSR count). The molecule has 2 heteroatoms. The summed E-state index contributed by atoms with van der Waals surface area (Å²) in [5.74, 6) is 0.602. The first-order chi connectivity index (χ1) is 7.18. The average Bonchev–Trinajstić information content (AvgIpc) is 2.63. The lowest BCUT2D eigenvalue weighted by molar-refractivity contribution is 0.505. The molecule has 0 saturated carbocycles. The molecular formula is C13H17NO. The molecule has 15 heavy (non-hydrogen) atoms. The lowest BCUT2D eigenvalue weighted by atomic mass is 9.97. The van der Waals surface area contributed by atoms with Crippen LogP contribution in [-0.2, 0) is 0 Å². The summed E-state index contributed by atoms with van der Waals surface area (Å²) < 4.78 is 5.47. The highest BCUT2D eigenvalue weighted by Crippen LogP contribution is 2.27. The molecule has 0 aliphatic rings. The summed E-state index contributed by atoms with van der Waals surface area (Å²) in [4.78, 5) is 0. The maximum atomic E-state index is 6.16. The van der Waals surface area contributed by atoms with E-state index in [4.69, 9.17) is 10.2 Å². The van der Waals surface area contributed by atoms with Crippen molar-refractivity contribution < 1.29 is 4.42 Å². The fourth-order valence-electron chi connectivity index (χ4n) is 1.94. The molecule has 0 aliphatic heterocycles. The first-order valence-electron chi connectivity index (χ1n) is 5.40. The van der Waals surface area contributed by atoms with Gasteiger partial charge in [-0.05, 0) is 18.4 Å². The molecule has 2 aromatic rings. The Bertz CT molecular complexity index is 444. The van der Waals surface area contributed by atoms with Gasteiger partial charge in [0.15, 0.2) is 0 Å². The van der Waals surface area contributed by atoms with Crippen LogP contribution in [0, 0.1) is 5.92 Å². The van der Waals surface area contributed by atoms with Crippen LogP contribution < -0.4 is 5.73 Å². The lowest BCUT2D eigenvalue weighted by Gasteiger charge is -2.14. The number of hydrogen-bond acceptors (Lipinski definition) is 2. The van der Waals surface area contributed by atoms with Gasteiger partial charge in [0.2, 0.25) is 0 Å². The van der Waals surface area contributed by atoms with Crippen molar-refractivity contribution in [3.05, 3.63) is 36.1 Å². The van der Waals surface area contributed by atoms with Gasteiger partial charge < -0.3 is 10.2 Å². The summed E-state index contributed by atoms with van der Waals surface area (Å²) in [6.45, 7) is 4.37.